The van der Waals surface area contributed by atoms with Gasteiger partial charge in [-0.1, -0.05) is 0 Å². The van der Waals surface area contributed by atoms with Crippen LogP contribution in [-0.4, -0.2) is 48.6 Å². The van der Waals surface area contributed by atoms with Gasteiger partial charge in [0.15, 0.2) is 0 Å². The highest BCUT2D eigenvalue weighted by atomic mass is 16.5. The van der Waals surface area contributed by atoms with Crippen molar-refractivity contribution in [1.82, 2.24) is 10.2 Å². The predicted molar refractivity (Wildman–Crippen MR) is 69.4 cm³/mol. The molecule has 2 unspecified atom stereocenters. The topological polar surface area (TPSA) is 58.6 Å². The minimum absolute atomic E-state index is 0.0348. The Bertz CT molecular complexity index is 403. The number of amides is 2. The van der Waals surface area contributed by atoms with Crippen LogP contribution < -0.4 is 5.32 Å². The molecular weight excluding hydrogens is 244 g/mol. The Hall–Kier alpha value is -1.10. The quantitative estimate of drug-likeness (QED) is 0.790. The number of hydrogen-bond acceptors (Lipinski definition) is 3. The van der Waals surface area contributed by atoms with Crippen LogP contribution in [0.1, 0.15) is 32.6 Å². The Balaban J connectivity index is 1.84. The van der Waals surface area contributed by atoms with Crippen molar-refractivity contribution >= 4 is 11.8 Å². The molecule has 1 aliphatic heterocycles. The summed E-state index contributed by atoms with van der Waals surface area (Å²) in [7, 11) is 1.63. The molecule has 2 saturated carbocycles. The number of nitrogens with zero attached hydrogens (tertiary/aromatic N) is 1. The van der Waals surface area contributed by atoms with E-state index in [4.69, 9.17) is 4.74 Å². The third-order valence-corrected chi connectivity index (χ3v) is 4.69. The molecule has 2 amide bonds. The van der Waals surface area contributed by atoms with Crippen molar-refractivity contribution in [2.45, 2.75) is 44.2 Å². The second-order valence-electron chi connectivity index (χ2n) is 6.24. The lowest BCUT2D eigenvalue weighted by molar-refractivity contribution is -0.157. The molecule has 0 spiro atoms. The maximum Gasteiger partial charge on any atom is 0.249 e. The highest BCUT2D eigenvalue weighted by molar-refractivity contribution is 6.00. The third kappa shape index (κ3) is 2.14. The summed E-state index contributed by atoms with van der Waals surface area (Å²) < 4.78 is 5.10. The lowest BCUT2D eigenvalue weighted by Crippen LogP contribution is -2.71. The third-order valence-electron chi connectivity index (χ3n) is 4.69. The zero-order valence-corrected chi connectivity index (χ0v) is 11.6. The largest absolute Gasteiger partial charge is 0.383 e. The summed E-state index contributed by atoms with van der Waals surface area (Å²) >= 11 is 0. The first-order valence-corrected chi connectivity index (χ1v) is 7.20. The lowest BCUT2D eigenvalue weighted by atomic mass is 9.88. The molecule has 19 heavy (non-hydrogen) atoms. The summed E-state index contributed by atoms with van der Waals surface area (Å²) in [6, 6.07) is -0.269. The van der Waals surface area contributed by atoms with Gasteiger partial charge in [-0.3, -0.25) is 9.59 Å². The number of carbonyl (C=O) groups is 2. The van der Waals surface area contributed by atoms with E-state index in [0.29, 0.717) is 25.0 Å². The normalized spacial score (nSPS) is 35.5. The van der Waals surface area contributed by atoms with E-state index < -0.39 is 5.54 Å². The number of carbonyl (C=O) groups excluding carboxylic acids is 2. The first-order chi connectivity index (χ1) is 9.08. The molecule has 3 aliphatic rings. The van der Waals surface area contributed by atoms with Crippen molar-refractivity contribution in [2.24, 2.45) is 11.8 Å². The van der Waals surface area contributed by atoms with Crippen molar-refractivity contribution in [3.8, 4) is 0 Å². The van der Waals surface area contributed by atoms with Crippen molar-refractivity contribution in [3.63, 3.8) is 0 Å². The fraction of sp³-hybridized carbons (Fsp3) is 0.857. The highest BCUT2D eigenvalue weighted by Crippen LogP contribution is 2.45. The number of rotatable bonds is 5. The highest BCUT2D eigenvalue weighted by Gasteiger charge is 2.57. The van der Waals surface area contributed by atoms with Gasteiger partial charge in [0.1, 0.15) is 11.6 Å². The fourth-order valence-electron chi connectivity index (χ4n) is 3.20. The molecule has 106 valence electrons. The van der Waals surface area contributed by atoms with Gasteiger partial charge in [-0.2, -0.15) is 0 Å². The van der Waals surface area contributed by atoms with Crippen LogP contribution in [0.25, 0.3) is 0 Å². The van der Waals surface area contributed by atoms with Gasteiger partial charge in [-0.15, -0.1) is 0 Å². The van der Waals surface area contributed by atoms with Crippen molar-refractivity contribution in [2.75, 3.05) is 20.3 Å². The second kappa shape index (κ2) is 4.47. The molecule has 3 rings (SSSR count). The first kappa shape index (κ1) is 12.9. The molecule has 1 heterocycles. The van der Waals surface area contributed by atoms with Crippen LogP contribution in [0.2, 0.25) is 0 Å². The number of hydrogen-bond donors (Lipinski definition) is 1. The first-order valence-electron chi connectivity index (χ1n) is 7.20. The van der Waals surface area contributed by atoms with Gasteiger partial charge in [-0.25, -0.2) is 0 Å². The van der Waals surface area contributed by atoms with E-state index in [1.165, 1.54) is 0 Å². The summed E-state index contributed by atoms with van der Waals surface area (Å²) in [5.41, 5.74) is -0.684. The average Bonchev–Trinajstić information content (AvgIpc) is 3.23. The van der Waals surface area contributed by atoms with Crippen LogP contribution in [0.4, 0.5) is 0 Å². The number of methoxy groups -OCH3 is 1. The lowest BCUT2D eigenvalue weighted by Gasteiger charge is -2.45. The summed E-state index contributed by atoms with van der Waals surface area (Å²) in [6.07, 6.45) is 4.17. The Morgan fingerprint density at radius 2 is 2.00 bits per heavy atom. The van der Waals surface area contributed by atoms with Gasteiger partial charge < -0.3 is 15.0 Å². The number of nitrogens with one attached hydrogen (secondary N) is 1. The molecule has 5 nitrogen and oxygen atoms in total. The SMILES string of the molecule is COCCN1C(=O)C(C)(C2CC2)NC(=O)C1C1CC1. The number of ether oxygens (including phenoxy) is 1. The van der Waals surface area contributed by atoms with Crippen LogP contribution in [-0.2, 0) is 14.3 Å². The molecule has 1 N–H and O–H groups in total. The molecule has 0 aromatic rings. The van der Waals surface area contributed by atoms with Crippen LogP contribution in [0, 0.1) is 11.8 Å². The average molecular weight is 266 g/mol. The molecule has 3 fully saturated rings. The van der Waals surface area contributed by atoms with Gasteiger partial charge in [0.05, 0.1) is 6.61 Å². The second-order valence-corrected chi connectivity index (χ2v) is 6.24. The fourth-order valence-corrected chi connectivity index (χ4v) is 3.20. The van der Waals surface area contributed by atoms with Gasteiger partial charge in [0.25, 0.3) is 0 Å². The van der Waals surface area contributed by atoms with E-state index in [0.717, 1.165) is 25.7 Å². The van der Waals surface area contributed by atoms with Crippen molar-refractivity contribution in [3.05, 3.63) is 0 Å². The molecule has 0 bridgehead atoms. The van der Waals surface area contributed by atoms with Crippen LogP contribution in [0.5, 0.6) is 0 Å². The molecule has 0 radical (unpaired) electrons. The van der Waals surface area contributed by atoms with E-state index in [2.05, 4.69) is 5.32 Å². The van der Waals surface area contributed by atoms with E-state index in [1.807, 2.05) is 6.92 Å². The maximum absolute atomic E-state index is 12.8. The van der Waals surface area contributed by atoms with Gasteiger partial charge in [0, 0.05) is 13.7 Å². The maximum atomic E-state index is 12.8. The van der Waals surface area contributed by atoms with Crippen LogP contribution >= 0.6 is 0 Å². The minimum atomic E-state index is -0.684. The molecule has 1 saturated heterocycles. The molecule has 2 atom stereocenters. The Kier molecular flexibility index (Phi) is 3.04. The molecular formula is C14H22N2O3. The van der Waals surface area contributed by atoms with E-state index in [1.54, 1.807) is 12.0 Å². The van der Waals surface area contributed by atoms with Crippen molar-refractivity contribution in [1.29, 1.82) is 0 Å². The molecule has 2 aliphatic carbocycles. The zero-order valence-electron chi connectivity index (χ0n) is 11.6. The molecule has 5 heteroatoms. The Morgan fingerprint density at radius 3 is 2.53 bits per heavy atom. The van der Waals surface area contributed by atoms with Gasteiger partial charge in [0.2, 0.25) is 11.8 Å². The summed E-state index contributed by atoms with van der Waals surface area (Å²) in [5, 5.41) is 3.01. The summed E-state index contributed by atoms with van der Waals surface area (Å²) in [6.45, 7) is 2.89. The zero-order chi connectivity index (χ0) is 13.6. The Labute approximate surface area is 113 Å². The number of piperazine rings is 1. The minimum Gasteiger partial charge on any atom is -0.383 e. The Morgan fingerprint density at radius 1 is 1.32 bits per heavy atom. The molecule has 0 aromatic carbocycles. The van der Waals surface area contributed by atoms with E-state index in [9.17, 15) is 9.59 Å². The van der Waals surface area contributed by atoms with Crippen LogP contribution in [0.15, 0.2) is 0 Å². The predicted octanol–water partition coefficient (Wildman–Crippen LogP) is 0.538. The molecule has 0 aromatic heterocycles. The monoisotopic (exact) mass is 266 g/mol. The van der Waals surface area contributed by atoms with Crippen LogP contribution in [0.3, 0.4) is 0 Å². The standard InChI is InChI=1S/C14H22N2O3/c1-14(10-5-6-10)13(18)16(7-8-19-2)11(9-3-4-9)12(17)15-14/h9-11H,3-8H2,1-2H3,(H,15,17). The summed E-state index contributed by atoms with van der Waals surface area (Å²) in [5.74, 6) is 0.787. The van der Waals surface area contributed by atoms with Crippen molar-refractivity contribution < 1.29 is 14.3 Å². The smallest absolute Gasteiger partial charge is 0.249 e. The van der Waals surface area contributed by atoms with E-state index in [-0.39, 0.29) is 17.9 Å². The van der Waals surface area contributed by atoms with Gasteiger partial charge >= 0.3 is 0 Å². The summed E-state index contributed by atoms with van der Waals surface area (Å²) in [4.78, 5) is 27.0. The van der Waals surface area contributed by atoms with E-state index >= 15 is 0 Å². The van der Waals surface area contributed by atoms with Gasteiger partial charge in [-0.05, 0) is 44.4 Å².